The Morgan fingerprint density at radius 2 is 1.66 bits per heavy atom. The Bertz CT molecular complexity index is 2370. The van der Waals surface area contributed by atoms with Gasteiger partial charge < -0.3 is 20.3 Å². The van der Waals surface area contributed by atoms with Gasteiger partial charge in [0, 0.05) is 80.6 Å². The SMILES string of the molecule is CCOc1cc(N2CCC(N3CCN(CC(F)F)CC3)CC2)ccc1Nc1nccc(-c2c(-c3cccc(C(=O)Nc4c(F)cccc4F)c3)nc3ccccn23)n1. The molecule has 300 valence electrons. The number of fused-ring (bicyclic) bond motifs is 1. The number of aromatic nitrogens is 4. The topological polar surface area (TPSA) is 103 Å². The van der Waals surface area contributed by atoms with E-state index in [0.29, 0.717) is 71.4 Å². The molecule has 8 rings (SSSR count). The number of carbonyl (C=O) groups is 1. The van der Waals surface area contributed by atoms with Crippen LogP contribution in [0.25, 0.3) is 28.3 Å². The number of hydrogen-bond donors (Lipinski definition) is 2. The van der Waals surface area contributed by atoms with Crippen LogP contribution < -0.4 is 20.3 Å². The minimum atomic E-state index is -2.29. The van der Waals surface area contributed by atoms with E-state index in [0.717, 1.165) is 56.8 Å². The van der Waals surface area contributed by atoms with Gasteiger partial charge in [-0.1, -0.05) is 24.3 Å². The third kappa shape index (κ3) is 8.46. The molecule has 2 aliphatic rings. The highest BCUT2D eigenvalue weighted by atomic mass is 19.3. The van der Waals surface area contributed by atoms with Crippen molar-refractivity contribution in [2.24, 2.45) is 0 Å². The number of piperazine rings is 1. The molecule has 2 N–H and O–H groups in total. The van der Waals surface area contributed by atoms with Gasteiger partial charge in [0.25, 0.3) is 12.3 Å². The molecule has 3 aromatic carbocycles. The average Bonchev–Trinajstić information content (AvgIpc) is 3.63. The molecule has 0 bridgehead atoms. The van der Waals surface area contributed by atoms with Crippen molar-refractivity contribution in [1.82, 2.24) is 29.2 Å². The minimum absolute atomic E-state index is 0.149. The Hall–Kier alpha value is -6.06. The Balaban J connectivity index is 1.01. The van der Waals surface area contributed by atoms with E-state index in [1.54, 1.807) is 30.5 Å². The van der Waals surface area contributed by atoms with Crippen molar-refractivity contribution in [3.05, 3.63) is 115 Å². The second kappa shape index (κ2) is 17.2. The number of nitrogens with zero attached hydrogens (tertiary/aromatic N) is 7. The maximum atomic E-state index is 14.3. The largest absolute Gasteiger partial charge is 0.492 e. The lowest BCUT2D eigenvalue weighted by molar-refractivity contribution is 0.0392. The zero-order valence-corrected chi connectivity index (χ0v) is 31.9. The van der Waals surface area contributed by atoms with Crippen molar-refractivity contribution in [3.63, 3.8) is 0 Å². The van der Waals surface area contributed by atoms with E-state index < -0.39 is 29.7 Å². The van der Waals surface area contributed by atoms with Crippen LogP contribution in [-0.4, -0.2) is 99.9 Å². The van der Waals surface area contributed by atoms with Gasteiger partial charge in [-0.25, -0.2) is 32.5 Å². The molecular weight excluding hydrogens is 751 g/mol. The quantitative estimate of drug-likeness (QED) is 0.120. The van der Waals surface area contributed by atoms with E-state index >= 15 is 0 Å². The van der Waals surface area contributed by atoms with Crippen LogP contribution in [0, 0.1) is 11.6 Å². The van der Waals surface area contributed by atoms with Crippen LogP contribution in [0.15, 0.2) is 97.3 Å². The van der Waals surface area contributed by atoms with Crippen molar-refractivity contribution >= 4 is 34.6 Å². The van der Waals surface area contributed by atoms with Gasteiger partial charge in [-0.15, -0.1) is 0 Å². The summed E-state index contributed by atoms with van der Waals surface area (Å²) in [6, 6.07) is 24.0. The van der Waals surface area contributed by atoms with Crippen molar-refractivity contribution in [2.75, 3.05) is 68.0 Å². The Morgan fingerprint density at radius 1 is 0.879 bits per heavy atom. The number of anilines is 4. The molecule has 58 heavy (non-hydrogen) atoms. The molecule has 3 aromatic heterocycles. The first-order valence-electron chi connectivity index (χ1n) is 19.4. The van der Waals surface area contributed by atoms with Crippen LogP contribution in [0.2, 0.25) is 0 Å². The molecule has 2 aliphatic heterocycles. The van der Waals surface area contributed by atoms with Gasteiger partial charge in [-0.2, -0.15) is 0 Å². The summed E-state index contributed by atoms with van der Waals surface area (Å²) in [4.78, 5) is 34.2. The van der Waals surface area contributed by atoms with Gasteiger partial charge in [0.15, 0.2) is 0 Å². The van der Waals surface area contributed by atoms with E-state index in [1.165, 1.54) is 6.07 Å². The predicted octanol–water partition coefficient (Wildman–Crippen LogP) is 7.98. The van der Waals surface area contributed by atoms with Gasteiger partial charge in [0.2, 0.25) is 5.95 Å². The molecule has 0 radical (unpaired) electrons. The van der Waals surface area contributed by atoms with E-state index in [-0.39, 0.29) is 12.1 Å². The van der Waals surface area contributed by atoms with Gasteiger partial charge in [-0.3, -0.25) is 19.0 Å². The first kappa shape index (κ1) is 38.8. The summed E-state index contributed by atoms with van der Waals surface area (Å²) in [5.41, 5.74) is 4.41. The smallest absolute Gasteiger partial charge is 0.255 e. The molecule has 11 nitrogen and oxygen atoms in total. The Kier molecular flexibility index (Phi) is 11.5. The molecule has 1 amide bonds. The molecule has 0 unspecified atom stereocenters. The van der Waals surface area contributed by atoms with E-state index in [9.17, 15) is 22.4 Å². The highest BCUT2D eigenvalue weighted by Crippen LogP contribution is 2.36. The van der Waals surface area contributed by atoms with Gasteiger partial charge in [0.1, 0.15) is 28.7 Å². The van der Waals surface area contributed by atoms with E-state index in [4.69, 9.17) is 14.7 Å². The van der Waals surface area contributed by atoms with Crippen LogP contribution in [-0.2, 0) is 0 Å². The number of amides is 1. The number of carbonyl (C=O) groups excluding carboxylic acids is 1. The van der Waals surface area contributed by atoms with Gasteiger partial charge in [-0.05, 0) is 74.4 Å². The maximum Gasteiger partial charge on any atom is 0.255 e. The van der Waals surface area contributed by atoms with Crippen LogP contribution in [0.3, 0.4) is 0 Å². The Labute approximate surface area is 333 Å². The first-order valence-corrected chi connectivity index (χ1v) is 19.4. The van der Waals surface area contributed by atoms with E-state index in [1.807, 2.05) is 58.8 Å². The highest BCUT2D eigenvalue weighted by Gasteiger charge is 2.29. The van der Waals surface area contributed by atoms with Crippen LogP contribution in [0.1, 0.15) is 30.1 Å². The minimum Gasteiger partial charge on any atom is -0.492 e. The first-order chi connectivity index (χ1) is 28.2. The van der Waals surface area contributed by atoms with E-state index in [2.05, 4.69) is 31.5 Å². The van der Waals surface area contributed by atoms with Crippen molar-refractivity contribution in [3.8, 4) is 28.4 Å². The number of alkyl halides is 2. The average molecular weight is 794 g/mol. The molecular formula is C43H43F4N9O2. The third-order valence-electron chi connectivity index (χ3n) is 10.7. The number of imidazole rings is 1. The summed E-state index contributed by atoms with van der Waals surface area (Å²) in [7, 11) is 0. The standard InChI is InChI=1S/C43H43F4N9O2/c1-2-58-36-26-31(54-19-15-30(16-20-54)55-23-21-53(22-24-55)27-37(46)47)12-13-34(36)49-43-48-17-14-35(50-43)41-39(51-38-11-3-4-18-56(38)41)28-7-5-8-29(25-28)42(57)52-40-32(44)9-6-10-33(40)45/h3-14,17-18,25-26,30,37H,2,15-16,19-24,27H2,1H3,(H,52,57)(H,48,49,50). The molecule has 0 saturated carbocycles. The molecule has 0 atom stereocenters. The van der Waals surface area contributed by atoms with Crippen LogP contribution in [0.4, 0.5) is 40.6 Å². The second-order valence-corrected chi connectivity index (χ2v) is 14.3. The van der Waals surface area contributed by atoms with Crippen molar-refractivity contribution in [2.45, 2.75) is 32.2 Å². The lowest BCUT2D eigenvalue weighted by atomic mass is 10.0. The monoisotopic (exact) mass is 793 g/mol. The van der Waals surface area contributed by atoms with Gasteiger partial charge in [0.05, 0.1) is 35.9 Å². The fourth-order valence-corrected chi connectivity index (χ4v) is 7.81. The maximum absolute atomic E-state index is 14.3. The van der Waals surface area contributed by atoms with Crippen LogP contribution >= 0.6 is 0 Å². The zero-order valence-electron chi connectivity index (χ0n) is 31.9. The number of halogens is 4. The second-order valence-electron chi connectivity index (χ2n) is 14.3. The predicted molar refractivity (Wildman–Crippen MR) is 216 cm³/mol. The molecule has 6 aromatic rings. The van der Waals surface area contributed by atoms with Crippen molar-refractivity contribution in [1.29, 1.82) is 0 Å². The molecule has 0 aliphatic carbocycles. The summed E-state index contributed by atoms with van der Waals surface area (Å²) in [6.07, 6.45) is 3.23. The fraction of sp³-hybridized carbons (Fsp3) is 0.302. The Morgan fingerprint density at radius 3 is 2.41 bits per heavy atom. The number of rotatable bonds is 12. The zero-order chi connectivity index (χ0) is 40.2. The summed E-state index contributed by atoms with van der Waals surface area (Å²) < 4.78 is 62.4. The third-order valence-corrected chi connectivity index (χ3v) is 10.7. The summed E-state index contributed by atoms with van der Waals surface area (Å²) >= 11 is 0. The normalized spacial score (nSPS) is 15.6. The molecule has 15 heteroatoms. The lowest BCUT2D eigenvalue weighted by Gasteiger charge is -2.43. The fourth-order valence-electron chi connectivity index (χ4n) is 7.81. The van der Waals surface area contributed by atoms with Crippen molar-refractivity contribution < 1.29 is 27.1 Å². The lowest BCUT2D eigenvalue weighted by Crippen LogP contribution is -2.53. The summed E-state index contributed by atoms with van der Waals surface area (Å²) in [5, 5.41) is 5.71. The molecule has 2 saturated heterocycles. The number of pyridine rings is 1. The number of benzene rings is 3. The molecule has 5 heterocycles. The number of ether oxygens (including phenoxy) is 1. The van der Waals surface area contributed by atoms with Gasteiger partial charge >= 0.3 is 0 Å². The molecule has 2 fully saturated rings. The van der Waals surface area contributed by atoms with Crippen LogP contribution in [0.5, 0.6) is 5.75 Å². The summed E-state index contributed by atoms with van der Waals surface area (Å²) in [5.74, 6) is -1.43. The number of para-hydroxylation sites is 1. The number of nitrogens with one attached hydrogen (secondary N) is 2. The number of piperidine rings is 1. The number of hydrogen-bond acceptors (Lipinski definition) is 9. The molecule has 0 spiro atoms. The highest BCUT2D eigenvalue weighted by molar-refractivity contribution is 6.05. The summed E-state index contributed by atoms with van der Waals surface area (Å²) in [6.45, 7) is 7.01.